The Bertz CT molecular complexity index is 1220. The number of halogens is 1. The molecule has 2 aromatic heterocycles. The van der Waals surface area contributed by atoms with Gasteiger partial charge in [0.05, 0.1) is 26.7 Å². The van der Waals surface area contributed by atoms with Gasteiger partial charge in [0, 0.05) is 22.9 Å². The summed E-state index contributed by atoms with van der Waals surface area (Å²) in [5.41, 5.74) is 3.16. The first kappa shape index (κ1) is 20.0. The minimum Gasteiger partial charge on any atom is -1.00 e. The van der Waals surface area contributed by atoms with E-state index in [1.165, 1.54) is 0 Å². The van der Waals surface area contributed by atoms with Crippen LogP contribution in [0.5, 0.6) is 23.0 Å². The van der Waals surface area contributed by atoms with Gasteiger partial charge in [-0.3, -0.25) is 0 Å². The van der Waals surface area contributed by atoms with Crippen LogP contribution in [-0.4, -0.2) is 26.4 Å². The van der Waals surface area contributed by atoms with E-state index in [1.807, 2.05) is 35.9 Å². The molecule has 4 rings (SSSR count). The van der Waals surface area contributed by atoms with Gasteiger partial charge in [-0.05, 0) is 37.1 Å². The number of phenolic OH excluding ortho intramolecular Hbond substituents is 1. The van der Waals surface area contributed by atoms with Crippen molar-refractivity contribution >= 4 is 27.1 Å². The SMILES string of the molecule is COc1cc2cc[n+]3cc4c(O)cc(C)c(C)c4cc3c2c(OC)c1OC.[Br-]. The fourth-order valence-corrected chi connectivity index (χ4v) is 3.74. The van der Waals surface area contributed by atoms with Gasteiger partial charge in [-0.25, -0.2) is 0 Å². The molecule has 0 atom stereocenters. The number of aromatic nitrogens is 1. The molecule has 0 amide bonds. The largest absolute Gasteiger partial charge is 1.00 e. The lowest BCUT2D eigenvalue weighted by atomic mass is 9.99. The lowest BCUT2D eigenvalue weighted by Crippen LogP contribution is -3.00. The summed E-state index contributed by atoms with van der Waals surface area (Å²) in [6, 6.07) is 7.84. The number of hydrogen-bond acceptors (Lipinski definition) is 4. The van der Waals surface area contributed by atoms with Crippen LogP contribution in [0.2, 0.25) is 0 Å². The molecule has 0 spiro atoms. The molecule has 0 aliphatic heterocycles. The van der Waals surface area contributed by atoms with Gasteiger partial charge >= 0.3 is 0 Å². The highest BCUT2D eigenvalue weighted by atomic mass is 79.9. The summed E-state index contributed by atoms with van der Waals surface area (Å²) in [7, 11) is 4.84. The van der Waals surface area contributed by atoms with Gasteiger partial charge in [-0.2, -0.15) is 4.40 Å². The second kappa shape index (κ2) is 7.36. The van der Waals surface area contributed by atoms with Crippen LogP contribution in [0.15, 0.2) is 36.7 Å². The van der Waals surface area contributed by atoms with Crippen LogP contribution >= 0.6 is 0 Å². The van der Waals surface area contributed by atoms with E-state index in [0.29, 0.717) is 17.2 Å². The van der Waals surface area contributed by atoms with E-state index in [2.05, 4.69) is 13.0 Å². The zero-order valence-electron chi connectivity index (χ0n) is 16.5. The van der Waals surface area contributed by atoms with Crippen LogP contribution in [0, 0.1) is 13.8 Å². The van der Waals surface area contributed by atoms with Crippen molar-refractivity contribution in [3.05, 3.63) is 47.8 Å². The Labute approximate surface area is 173 Å². The zero-order chi connectivity index (χ0) is 19.3. The van der Waals surface area contributed by atoms with Crippen molar-refractivity contribution in [2.45, 2.75) is 13.8 Å². The van der Waals surface area contributed by atoms with E-state index >= 15 is 0 Å². The Hall–Kier alpha value is -2.73. The number of benzene rings is 2. The second-order valence-electron chi connectivity index (χ2n) is 6.66. The summed E-state index contributed by atoms with van der Waals surface area (Å²) in [5.74, 6) is 2.09. The molecule has 0 fully saturated rings. The average Bonchev–Trinajstić information content (AvgIpc) is 2.69. The third-order valence-corrected chi connectivity index (χ3v) is 5.27. The Morgan fingerprint density at radius 2 is 1.61 bits per heavy atom. The van der Waals surface area contributed by atoms with Crippen molar-refractivity contribution < 1.29 is 40.7 Å². The lowest BCUT2D eigenvalue weighted by molar-refractivity contribution is -0.509. The first-order valence-corrected chi connectivity index (χ1v) is 8.69. The molecule has 1 N–H and O–H groups in total. The zero-order valence-corrected chi connectivity index (χ0v) is 18.0. The van der Waals surface area contributed by atoms with Gasteiger partial charge in [-0.15, -0.1) is 0 Å². The molecule has 2 heterocycles. The van der Waals surface area contributed by atoms with E-state index in [4.69, 9.17) is 14.2 Å². The summed E-state index contributed by atoms with van der Waals surface area (Å²) in [6.45, 7) is 4.07. The molecule has 0 aliphatic rings. The van der Waals surface area contributed by atoms with Gasteiger partial charge in [0.1, 0.15) is 11.1 Å². The predicted octanol–water partition coefficient (Wildman–Crippen LogP) is 1.08. The minimum atomic E-state index is 0. The minimum absolute atomic E-state index is 0. The van der Waals surface area contributed by atoms with Crippen LogP contribution in [-0.2, 0) is 0 Å². The number of rotatable bonds is 3. The van der Waals surface area contributed by atoms with Crippen molar-refractivity contribution in [1.82, 2.24) is 0 Å². The lowest BCUT2D eigenvalue weighted by Gasteiger charge is -2.15. The summed E-state index contributed by atoms with van der Waals surface area (Å²) in [4.78, 5) is 0. The average molecular weight is 444 g/mol. The first-order chi connectivity index (χ1) is 13.0. The van der Waals surface area contributed by atoms with Crippen molar-refractivity contribution in [2.24, 2.45) is 0 Å². The number of pyridine rings is 2. The highest BCUT2D eigenvalue weighted by molar-refractivity contribution is 6.04. The van der Waals surface area contributed by atoms with Crippen LogP contribution in [0.25, 0.3) is 27.1 Å². The summed E-state index contributed by atoms with van der Waals surface area (Å²) in [6.07, 6.45) is 3.92. The maximum atomic E-state index is 10.4. The van der Waals surface area contributed by atoms with Gasteiger partial charge in [-0.1, -0.05) is 0 Å². The third kappa shape index (κ3) is 2.79. The molecule has 6 heteroatoms. The van der Waals surface area contributed by atoms with Crippen molar-refractivity contribution in [3.8, 4) is 23.0 Å². The van der Waals surface area contributed by atoms with Crippen molar-refractivity contribution in [2.75, 3.05) is 21.3 Å². The maximum Gasteiger partial charge on any atom is 0.223 e. The van der Waals surface area contributed by atoms with E-state index in [0.717, 1.165) is 38.2 Å². The Morgan fingerprint density at radius 3 is 2.25 bits per heavy atom. The molecule has 0 radical (unpaired) electrons. The van der Waals surface area contributed by atoms with Crippen molar-refractivity contribution in [3.63, 3.8) is 0 Å². The number of hydrogen-bond donors (Lipinski definition) is 1. The standard InChI is InChI=1S/C22H21NO4.BrH/c1-12-8-18(24)16-11-23-7-6-14-9-19(25-3)21(26-4)22(27-5)20(14)17(23)10-15(16)13(12)2;/h6-11H,1-5H3;1H. The van der Waals surface area contributed by atoms with Crippen LogP contribution in [0.3, 0.4) is 0 Å². The Morgan fingerprint density at radius 1 is 0.893 bits per heavy atom. The molecule has 4 aromatic rings. The molecule has 0 saturated carbocycles. The number of aromatic hydroxyl groups is 1. The van der Waals surface area contributed by atoms with E-state index in [9.17, 15) is 5.11 Å². The van der Waals surface area contributed by atoms with Crippen LogP contribution in [0.1, 0.15) is 11.1 Å². The second-order valence-corrected chi connectivity index (χ2v) is 6.66. The van der Waals surface area contributed by atoms with Gasteiger partial charge in [0.25, 0.3) is 0 Å². The topological polar surface area (TPSA) is 52.0 Å². The number of phenols is 1. The molecular formula is C22H22BrNO4. The molecule has 2 aromatic carbocycles. The van der Waals surface area contributed by atoms with Gasteiger partial charge in [0.2, 0.25) is 11.3 Å². The quantitative estimate of drug-likeness (QED) is 0.292. The van der Waals surface area contributed by atoms with E-state index in [1.54, 1.807) is 27.4 Å². The number of methoxy groups -OCH3 is 3. The molecule has 0 unspecified atom stereocenters. The molecule has 0 bridgehead atoms. The highest BCUT2D eigenvalue weighted by Gasteiger charge is 2.22. The smallest absolute Gasteiger partial charge is 0.223 e. The molecular weight excluding hydrogens is 422 g/mol. The molecule has 146 valence electrons. The monoisotopic (exact) mass is 443 g/mol. The van der Waals surface area contributed by atoms with Gasteiger partial charge in [0.15, 0.2) is 23.9 Å². The third-order valence-electron chi connectivity index (χ3n) is 5.27. The van der Waals surface area contributed by atoms with E-state index in [-0.39, 0.29) is 22.7 Å². The Balaban J connectivity index is 0.00000225. The van der Waals surface area contributed by atoms with Crippen LogP contribution < -0.4 is 35.6 Å². The maximum absolute atomic E-state index is 10.4. The Kier molecular flexibility index (Phi) is 5.26. The molecule has 0 saturated heterocycles. The molecule has 5 nitrogen and oxygen atoms in total. The van der Waals surface area contributed by atoms with Crippen LogP contribution in [0.4, 0.5) is 0 Å². The number of aryl methyl sites for hydroxylation is 2. The number of ether oxygens (including phenoxy) is 3. The normalized spacial score (nSPS) is 10.9. The number of nitrogens with zero attached hydrogens (tertiary/aromatic N) is 1. The fraction of sp³-hybridized carbons (Fsp3) is 0.227. The van der Waals surface area contributed by atoms with Crippen molar-refractivity contribution in [1.29, 1.82) is 0 Å². The summed E-state index contributed by atoms with van der Waals surface area (Å²) >= 11 is 0. The summed E-state index contributed by atoms with van der Waals surface area (Å²) in [5, 5.41) is 14.2. The number of fused-ring (bicyclic) bond motifs is 4. The van der Waals surface area contributed by atoms with E-state index < -0.39 is 0 Å². The fourth-order valence-electron chi connectivity index (χ4n) is 3.74. The first-order valence-electron chi connectivity index (χ1n) is 8.69. The highest BCUT2D eigenvalue weighted by Crippen LogP contribution is 2.44. The molecule has 0 aliphatic carbocycles. The summed E-state index contributed by atoms with van der Waals surface area (Å²) < 4.78 is 18.8. The van der Waals surface area contributed by atoms with Gasteiger partial charge < -0.3 is 36.3 Å². The predicted molar refractivity (Wildman–Crippen MR) is 105 cm³/mol. The molecule has 28 heavy (non-hydrogen) atoms.